The zero-order chi connectivity index (χ0) is 11.7. The highest BCUT2D eigenvalue weighted by atomic mass is 15.3. The van der Waals surface area contributed by atoms with Crippen LogP contribution in [0.3, 0.4) is 0 Å². The van der Waals surface area contributed by atoms with Crippen LogP contribution >= 0.6 is 0 Å². The Labute approximate surface area is 102 Å². The van der Waals surface area contributed by atoms with E-state index in [0.717, 1.165) is 18.7 Å². The van der Waals surface area contributed by atoms with Crippen molar-refractivity contribution in [3.05, 3.63) is 30.1 Å². The van der Waals surface area contributed by atoms with Gasteiger partial charge in [-0.1, -0.05) is 25.8 Å². The quantitative estimate of drug-likeness (QED) is 0.431. The van der Waals surface area contributed by atoms with Crippen LogP contribution in [0, 0.1) is 0 Å². The third-order valence-electron chi connectivity index (χ3n) is 3.44. The molecule has 0 N–H and O–H groups in total. The number of unbranched alkanes of at least 4 members (excludes halogenated alkanes) is 2. The van der Waals surface area contributed by atoms with E-state index in [1.54, 1.807) is 0 Å². The Morgan fingerprint density at radius 2 is 2.29 bits per heavy atom. The highest BCUT2D eigenvalue weighted by Gasteiger charge is 2.51. The number of nitrogens with zero attached hydrogens (tertiary/aromatic N) is 3. The van der Waals surface area contributed by atoms with Crippen molar-refractivity contribution >= 4 is 11.5 Å². The summed E-state index contributed by atoms with van der Waals surface area (Å²) in [5, 5.41) is 0. The van der Waals surface area contributed by atoms with E-state index in [9.17, 15) is 0 Å². The number of aliphatic imine (C=N–C) groups is 1. The van der Waals surface area contributed by atoms with E-state index in [1.807, 2.05) is 18.3 Å². The van der Waals surface area contributed by atoms with Crippen LogP contribution in [0.2, 0.25) is 0 Å². The number of pyridine rings is 1. The Balaban J connectivity index is 1.73. The van der Waals surface area contributed by atoms with Gasteiger partial charge in [-0.3, -0.25) is 4.98 Å². The number of amidine groups is 1. The number of hydrogen-bond donors (Lipinski definition) is 0. The van der Waals surface area contributed by atoms with Crippen molar-refractivity contribution in [3.8, 4) is 0 Å². The van der Waals surface area contributed by atoms with Crippen LogP contribution in [0.15, 0.2) is 29.4 Å². The van der Waals surface area contributed by atoms with Gasteiger partial charge in [-0.05, 0) is 23.5 Å². The molecule has 0 bridgehead atoms. The highest BCUT2D eigenvalue weighted by molar-refractivity contribution is 6.12. The molecule has 3 heterocycles. The van der Waals surface area contributed by atoms with Gasteiger partial charge in [0.25, 0.3) is 5.84 Å². The SMILES string of the molecule is CCCCCC1=[N+]2CC2C(c2ccccn2)=N1. The monoisotopic (exact) mass is 228 g/mol. The first kappa shape index (κ1) is 10.6. The standard InChI is InChI=1S/C14H18N3/c1-2-3-4-8-13-16-14(12-10-17(12)13)11-7-5-6-9-15-11/h5-7,9,12H,2-4,8,10H2,1H3/q+1. The maximum absolute atomic E-state index is 4.76. The van der Waals surface area contributed by atoms with E-state index in [0.29, 0.717) is 6.04 Å². The first-order valence-corrected chi connectivity index (χ1v) is 6.52. The average Bonchev–Trinajstić information content (AvgIpc) is 3.08. The molecule has 17 heavy (non-hydrogen) atoms. The fourth-order valence-corrected chi connectivity index (χ4v) is 2.41. The molecule has 1 unspecified atom stereocenters. The Bertz CT molecular complexity index is 474. The molecule has 0 spiro atoms. The third kappa shape index (κ3) is 2.02. The zero-order valence-electron chi connectivity index (χ0n) is 10.3. The van der Waals surface area contributed by atoms with Gasteiger partial charge in [0, 0.05) is 6.20 Å². The highest BCUT2D eigenvalue weighted by Crippen LogP contribution is 2.25. The van der Waals surface area contributed by atoms with Crippen LogP contribution in [-0.2, 0) is 0 Å². The molecule has 3 rings (SSSR count). The molecule has 0 aliphatic carbocycles. The second-order valence-electron chi connectivity index (χ2n) is 4.75. The van der Waals surface area contributed by atoms with E-state index in [4.69, 9.17) is 4.99 Å². The first-order valence-electron chi connectivity index (χ1n) is 6.52. The maximum atomic E-state index is 4.76. The molecule has 3 nitrogen and oxygen atoms in total. The van der Waals surface area contributed by atoms with Crippen molar-refractivity contribution in [2.24, 2.45) is 4.99 Å². The van der Waals surface area contributed by atoms with Crippen molar-refractivity contribution < 1.29 is 4.58 Å². The Hall–Kier alpha value is -1.51. The summed E-state index contributed by atoms with van der Waals surface area (Å²) in [7, 11) is 0. The van der Waals surface area contributed by atoms with Crippen LogP contribution in [-0.4, -0.2) is 33.7 Å². The molecular weight excluding hydrogens is 210 g/mol. The number of fused-ring (bicyclic) bond motifs is 1. The van der Waals surface area contributed by atoms with E-state index in [2.05, 4.69) is 22.5 Å². The van der Waals surface area contributed by atoms with Crippen LogP contribution in [0.5, 0.6) is 0 Å². The van der Waals surface area contributed by atoms with Gasteiger partial charge in [-0.2, -0.15) is 0 Å². The molecule has 1 atom stereocenters. The third-order valence-corrected chi connectivity index (χ3v) is 3.44. The summed E-state index contributed by atoms with van der Waals surface area (Å²) in [5.41, 5.74) is 2.22. The van der Waals surface area contributed by atoms with Gasteiger partial charge in [0.2, 0.25) is 11.8 Å². The summed E-state index contributed by atoms with van der Waals surface area (Å²) in [4.78, 5) is 9.16. The summed E-state index contributed by atoms with van der Waals surface area (Å²) in [5.74, 6) is 1.28. The van der Waals surface area contributed by atoms with Crippen LogP contribution < -0.4 is 0 Å². The molecule has 3 heteroatoms. The minimum Gasteiger partial charge on any atom is -0.252 e. The van der Waals surface area contributed by atoms with Crippen molar-refractivity contribution in [2.75, 3.05) is 6.54 Å². The smallest absolute Gasteiger partial charge is 0.252 e. The van der Waals surface area contributed by atoms with Crippen molar-refractivity contribution in [3.63, 3.8) is 0 Å². The van der Waals surface area contributed by atoms with Gasteiger partial charge >= 0.3 is 0 Å². The van der Waals surface area contributed by atoms with E-state index in [1.165, 1.54) is 30.8 Å². The lowest BCUT2D eigenvalue weighted by atomic mass is 10.2. The predicted octanol–water partition coefficient (Wildman–Crippen LogP) is 2.26. The van der Waals surface area contributed by atoms with E-state index in [-0.39, 0.29) is 0 Å². The lowest BCUT2D eigenvalue weighted by Crippen LogP contribution is -2.09. The molecular formula is C14H18N3+. The number of aromatic nitrogens is 1. The molecule has 1 saturated heterocycles. The summed E-state index contributed by atoms with van der Waals surface area (Å²) in [6.45, 7) is 3.39. The molecule has 2 aliphatic heterocycles. The van der Waals surface area contributed by atoms with Crippen molar-refractivity contribution in [1.82, 2.24) is 4.98 Å². The molecule has 0 amide bonds. The lowest BCUT2D eigenvalue weighted by Gasteiger charge is -1.93. The molecule has 1 fully saturated rings. The van der Waals surface area contributed by atoms with Gasteiger partial charge in [0.15, 0.2) is 0 Å². The van der Waals surface area contributed by atoms with E-state index < -0.39 is 0 Å². The molecule has 1 aromatic heterocycles. The van der Waals surface area contributed by atoms with Gasteiger partial charge < -0.3 is 0 Å². The second-order valence-corrected chi connectivity index (χ2v) is 4.75. The van der Waals surface area contributed by atoms with Crippen LogP contribution in [0.4, 0.5) is 0 Å². The largest absolute Gasteiger partial charge is 0.295 e. The van der Waals surface area contributed by atoms with E-state index >= 15 is 0 Å². The van der Waals surface area contributed by atoms with Gasteiger partial charge in [-0.25, -0.2) is 4.58 Å². The molecule has 0 aromatic carbocycles. The second kappa shape index (κ2) is 4.40. The van der Waals surface area contributed by atoms with Crippen molar-refractivity contribution in [2.45, 2.75) is 38.6 Å². The van der Waals surface area contributed by atoms with Gasteiger partial charge in [0.05, 0.1) is 6.42 Å². The Kier molecular flexibility index (Phi) is 2.75. The number of rotatable bonds is 5. The molecule has 88 valence electrons. The Morgan fingerprint density at radius 1 is 1.35 bits per heavy atom. The normalized spacial score (nSPS) is 21.5. The predicted molar refractivity (Wildman–Crippen MR) is 68.8 cm³/mol. The molecule has 2 aliphatic rings. The molecule has 0 radical (unpaired) electrons. The van der Waals surface area contributed by atoms with Crippen LogP contribution in [0.1, 0.15) is 38.3 Å². The van der Waals surface area contributed by atoms with Crippen molar-refractivity contribution in [1.29, 1.82) is 0 Å². The molecule has 0 saturated carbocycles. The lowest BCUT2D eigenvalue weighted by molar-refractivity contribution is -0.347. The molecule has 1 aromatic rings. The minimum atomic E-state index is 0.529. The summed E-state index contributed by atoms with van der Waals surface area (Å²) in [6.07, 6.45) is 6.80. The van der Waals surface area contributed by atoms with Gasteiger partial charge in [-0.15, -0.1) is 0 Å². The fourth-order valence-electron chi connectivity index (χ4n) is 2.41. The first-order chi connectivity index (χ1) is 8.40. The maximum Gasteiger partial charge on any atom is 0.295 e. The minimum absolute atomic E-state index is 0.529. The van der Waals surface area contributed by atoms with Gasteiger partial charge in [0.1, 0.15) is 12.2 Å². The average molecular weight is 228 g/mol. The Morgan fingerprint density at radius 3 is 3.06 bits per heavy atom. The summed E-state index contributed by atoms with van der Waals surface area (Å²) < 4.78 is 2.40. The van der Waals surface area contributed by atoms with Crippen LogP contribution in [0.25, 0.3) is 0 Å². The topological polar surface area (TPSA) is 28.3 Å². The number of hydrogen-bond acceptors (Lipinski definition) is 2. The summed E-state index contributed by atoms with van der Waals surface area (Å²) >= 11 is 0. The summed E-state index contributed by atoms with van der Waals surface area (Å²) in [6, 6.07) is 6.58. The fraction of sp³-hybridized carbons (Fsp3) is 0.500. The zero-order valence-corrected chi connectivity index (χ0v) is 10.3.